The fourth-order valence-corrected chi connectivity index (χ4v) is 3.27. The lowest BCUT2D eigenvalue weighted by Crippen LogP contribution is -2.51. The van der Waals surface area contributed by atoms with Crippen molar-refractivity contribution in [3.63, 3.8) is 0 Å². The molecule has 0 bridgehead atoms. The van der Waals surface area contributed by atoms with Crippen LogP contribution in [0, 0.1) is 5.82 Å². The molecule has 2 atom stereocenters. The van der Waals surface area contributed by atoms with Crippen molar-refractivity contribution in [3.8, 4) is 5.75 Å². The second kappa shape index (κ2) is 10.4. The van der Waals surface area contributed by atoms with E-state index in [4.69, 9.17) is 9.47 Å². The Morgan fingerprint density at radius 2 is 2.07 bits per heavy atom. The van der Waals surface area contributed by atoms with Crippen LogP contribution in [0.4, 0.5) is 4.39 Å². The molecule has 0 aliphatic carbocycles. The Kier molecular flexibility index (Phi) is 8.23. The Balaban J connectivity index is 0.00000280. The number of benzene rings is 2. The first kappa shape index (κ1) is 22.1. The van der Waals surface area contributed by atoms with E-state index in [-0.39, 0.29) is 30.2 Å². The number of ether oxygens (including phenoxy) is 2. The van der Waals surface area contributed by atoms with Crippen molar-refractivity contribution in [1.29, 1.82) is 0 Å². The number of hydrogen-bond acceptors (Lipinski definition) is 4. The molecule has 1 N–H and O–H groups in total. The average Bonchev–Trinajstić information content (AvgIpc) is 2.71. The molecule has 1 heterocycles. The molecule has 0 spiro atoms. The molecule has 0 saturated carbocycles. The summed E-state index contributed by atoms with van der Waals surface area (Å²) in [6.07, 6.45) is -0.592. The highest BCUT2D eigenvalue weighted by molar-refractivity contribution is 5.85. The Morgan fingerprint density at radius 1 is 1.29 bits per heavy atom. The van der Waals surface area contributed by atoms with Gasteiger partial charge in [-0.25, -0.2) is 4.39 Å². The number of methoxy groups -OCH3 is 1. The molecule has 1 amide bonds. The van der Waals surface area contributed by atoms with Gasteiger partial charge in [0, 0.05) is 19.6 Å². The Morgan fingerprint density at radius 3 is 2.82 bits per heavy atom. The molecule has 2 aromatic rings. The number of amides is 1. The van der Waals surface area contributed by atoms with Crippen LogP contribution in [0.25, 0.3) is 0 Å². The topological polar surface area (TPSA) is 50.8 Å². The molecular weight excluding hydrogens is 383 g/mol. The lowest BCUT2D eigenvalue weighted by atomic mass is 10.0. The van der Waals surface area contributed by atoms with E-state index in [0.717, 1.165) is 16.9 Å². The highest BCUT2D eigenvalue weighted by Crippen LogP contribution is 2.24. The van der Waals surface area contributed by atoms with Gasteiger partial charge < -0.3 is 19.7 Å². The van der Waals surface area contributed by atoms with E-state index >= 15 is 0 Å². The minimum atomic E-state index is -0.592. The van der Waals surface area contributed by atoms with Crippen molar-refractivity contribution in [2.45, 2.75) is 25.7 Å². The maximum Gasteiger partial charge on any atom is 0.252 e. The molecule has 1 saturated heterocycles. The number of halogens is 2. The van der Waals surface area contributed by atoms with Gasteiger partial charge in [0.15, 0.2) is 0 Å². The SMILES string of the molecule is COc1cccc(COC(C)C(=O)N2CCNCC2c2cccc(F)c2)c1.Cl. The van der Waals surface area contributed by atoms with Crippen molar-refractivity contribution in [3.05, 3.63) is 65.5 Å². The number of rotatable bonds is 6. The minimum absolute atomic E-state index is 0. The molecular formula is C21H26ClFN2O3. The minimum Gasteiger partial charge on any atom is -0.497 e. The normalized spacial score (nSPS) is 17.5. The monoisotopic (exact) mass is 408 g/mol. The Hall–Kier alpha value is -2.15. The summed E-state index contributed by atoms with van der Waals surface area (Å²) in [5.74, 6) is 0.366. The van der Waals surface area contributed by atoms with Gasteiger partial charge in [-0.1, -0.05) is 24.3 Å². The van der Waals surface area contributed by atoms with Crippen molar-refractivity contribution in [2.24, 2.45) is 0 Å². The average molecular weight is 409 g/mol. The standard InChI is InChI=1S/C21H25FN2O3.ClH/c1-15(27-14-16-5-3-8-19(11-16)26-2)21(25)24-10-9-23-13-20(24)17-6-4-7-18(22)12-17;/h3-8,11-12,15,20,23H,9-10,13-14H2,1-2H3;1H. The highest BCUT2D eigenvalue weighted by Gasteiger charge is 2.31. The van der Waals surface area contributed by atoms with Gasteiger partial charge in [0.25, 0.3) is 5.91 Å². The summed E-state index contributed by atoms with van der Waals surface area (Å²) < 4.78 is 24.6. The lowest BCUT2D eigenvalue weighted by molar-refractivity contribution is -0.147. The van der Waals surface area contributed by atoms with Gasteiger partial charge in [-0.05, 0) is 42.3 Å². The Bertz CT molecular complexity index is 790. The van der Waals surface area contributed by atoms with Crippen molar-refractivity contribution in [2.75, 3.05) is 26.7 Å². The van der Waals surface area contributed by atoms with Gasteiger partial charge >= 0.3 is 0 Å². The van der Waals surface area contributed by atoms with Gasteiger partial charge in [0.2, 0.25) is 0 Å². The largest absolute Gasteiger partial charge is 0.497 e. The van der Waals surface area contributed by atoms with Gasteiger partial charge in [0.05, 0.1) is 19.8 Å². The summed E-state index contributed by atoms with van der Waals surface area (Å²) in [5, 5.41) is 3.28. The van der Waals surface area contributed by atoms with Crippen LogP contribution in [0.1, 0.15) is 24.1 Å². The second-order valence-corrected chi connectivity index (χ2v) is 6.61. The maximum absolute atomic E-state index is 13.6. The summed E-state index contributed by atoms with van der Waals surface area (Å²) in [6.45, 7) is 3.94. The number of piperazine rings is 1. The van der Waals surface area contributed by atoms with Crippen molar-refractivity contribution >= 4 is 18.3 Å². The van der Waals surface area contributed by atoms with E-state index in [9.17, 15) is 9.18 Å². The molecule has 2 unspecified atom stereocenters. The molecule has 3 rings (SSSR count). The van der Waals surface area contributed by atoms with Crippen molar-refractivity contribution < 1.29 is 18.7 Å². The van der Waals surface area contributed by atoms with E-state index < -0.39 is 6.10 Å². The number of nitrogens with zero attached hydrogens (tertiary/aromatic N) is 1. The first-order valence-electron chi connectivity index (χ1n) is 9.09. The maximum atomic E-state index is 13.6. The lowest BCUT2D eigenvalue weighted by Gasteiger charge is -2.38. The third kappa shape index (κ3) is 5.44. The number of nitrogens with one attached hydrogen (secondary N) is 1. The second-order valence-electron chi connectivity index (χ2n) is 6.61. The van der Waals surface area contributed by atoms with Crippen LogP contribution < -0.4 is 10.1 Å². The molecule has 28 heavy (non-hydrogen) atoms. The van der Waals surface area contributed by atoms with Crippen LogP contribution in [-0.2, 0) is 16.1 Å². The quantitative estimate of drug-likeness (QED) is 0.796. The van der Waals surface area contributed by atoms with Gasteiger partial charge in [-0.3, -0.25) is 4.79 Å². The smallest absolute Gasteiger partial charge is 0.252 e. The number of carbonyl (C=O) groups excluding carboxylic acids is 1. The molecule has 5 nitrogen and oxygen atoms in total. The van der Waals surface area contributed by atoms with E-state index in [1.165, 1.54) is 12.1 Å². The summed E-state index contributed by atoms with van der Waals surface area (Å²) in [6, 6.07) is 13.8. The molecule has 2 aromatic carbocycles. The molecule has 1 aliphatic rings. The van der Waals surface area contributed by atoms with Crippen LogP contribution in [0.15, 0.2) is 48.5 Å². The molecule has 1 aliphatic heterocycles. The van der Waals surface area contributed by atoms with E-state index in [2.05, 4.69) is 5.32 Å². The molecule has 7 heteroatoms. The van der Waals surface area contributed by atoms with Gasteiger partial charge in [0.1, 0.15) is 17.7 Å². The van der Waals surface area contributed by atoms with Crippen LogP contribution >= 0.6 is 12.4 Å². The molecule has 152 valence electrons. The first-order valence-corrected chi connectivity index (χ1v) is 9.09. The third-order valence-corrected chi connectivity index (χ3v) is 4.74. The van der Waals surface area contributed by atoms with Gasteiger partial charge in [-0.15, -0.1) is 12.4 Å². The molecule has 0 radical (unpaired) electrons. The first-order chi connectivity index (χ1) is 13.1. The summed E-state index contributed by atoms with van der Waals surface area (Å²) in [4.78, 5) is 14.7. The molecule has 1 fully saturated rings. The fraction of sp³-hybridized carbons (Fsp3) is 0.381. The predicted molar refractivity (Wildman–Crippen MR) is 108 cm³/mol. The van der Waals surface area contributed by atoms with E-state index in [0.29, 0.717) is 26.2 Å². The Labute approximate surface area is 171 Å². The third-order valence-electron chi connectivity index (χ3n) is 4.74. The van der Waals surface area contributed by atoms with Gasteiger partial charge in [-0.2, -0.15) is 0 Å². The summed E-state index contributed by atoms with van der Waals surface area (Å²) in [5.41, 5.74) is 1.73. The highest BCUT2D eigenvalue weighted by atomic mass is 35.5. The summed E-state index contributed by atoms with van der Waals surface area (Å²) >= 11 is 0. The zero-order valence-electron chi connectivity index (χ0n) is 16.1. The van der Waals surface area contributed by atoms with Crippen molar-refractivity contribution in [1.82, 2.24) is 10.2 Å². The van der Waals surface area contributed by atoms with E-state index in [1.54, 1.807) is 25.0 Å². The van der Waals surface area contributed by atoms with Crippen LogP contribution in [0.5, 0.6) is 5.75 Å². The number of carbonyl (C=O) groups is 1. The van der Waals surface area contributed by atoms with E-state index in [1.807, 2.05) is 30.3 Å². The number of hydrogen-bond donors (Lipinski definition) is 1. The fourth-order valence-electron chi connectivity index (χ4n) is 3.27. The van der Waals surface area contributed by atoms with Crippen LogP contribution in [0.2, 0.25) is 0 Å². The predicted octanol–water partition coefficient (Wildman–Crippen LogP) is 3.33. The van der Waals surface area contributed by atoms with Crippen LogP contribution in [0.3, 0.4) is 0 Å². The molecule has 0 aromatic heterocycles. The van der Waals surface area contributed by atoms with Crippen LogP contribution in [-0.4, -0.2) is 43.7 Å². The zero-order chi connectivity index (χ0) is 19.2. The summed E-state index contributed by atoms with van der Waals surface area (Å²) in [7, 11) is 1.61. The zero-order valence-corrected chi connectivity index (χ0v) is 16.9.